The quantitative estimate of drug-likeness (QED) is 0.0598. The van der Waals surface area contributed by atoms with Gasteiger partial charge in [-0.05, 0) is 189 Å². The van der Waals surface area contributed by atoms with Crippen molar-refractivity contribution in [2.45, 2.75) is 0 Å². The minimum Gasteiger partial charge on any atom is -0.102 e. The summed E-state index contributed by atoms with van der Waals surface area (Å²) < 4.78 is 11.9. The Balaban J connectivity index is 9.58. The van der Waals surface area contributed by atoms with Gasteiger partial charge >= 0.3 is 0 Å². The van der Waals surface area contributed by atoms with Crippen molar-refractivity contribution in [2.75, 3.05) is 0 Å². The fraction of sp³-hybridized carbons (Fsp3) is 0. The standard InChI is InChI=1S/H54IP53/c1-28-43(30(2)3)52(47(33(8)9)34(10)11)44(46(31(4)5)32(6)7)29-45(53(48(35(12)13)36(14)15)49(37(16)17)38(18)19)54(50(39(20)21)40(22)23)51(41(24)25)42(26)27/h28-29H,2-27H2/i29T. The number of halogens is 1. The SMILES string of the molecule is [3H]P(P(P(P(P)P)P(P)P)P(P(PI)P(P)P)P(P(P)P)P(P)P)P(P(P(P(P)P)P(P)P)P(P(P)P)P(P)P)P(P(P(P)P)P(P)P)P(P(P)P)P(P)P. The lowest BCUT2D eigenvalue weighted by Crippen LogP contribution is -1.67. The van der Waals surface area contributed by atoms with Gasteiger partial charge in [-0.3, -0.25) is 0 Å². The van der Waals surface area contributed by atoms with Gasteiger partial charge in [-0.2, -0.15) is 0 Å². The summed E-state index contributed by atoms with van der Waals surface area (Å²) in [5.74, 6) is 0.983. The van der Waals surface area contributed by atoms with E-state index in [4.69, 9.17) is 0 Å². The molecular formula is H54IP53. The molecule has 0 N–H and O–H groups in total. The molecule has 54 heavy (non-hydrogen) atoms. The molecule has 0 aliphatic heterocycles. The van der Waals surface area contributed by atoms with Crippen molar-refractivity contribution in [1.82, 2.24) is 0 Å². The van der Waals surface area contributed by atoms with Crippen LogP contribution in [0.2, 0.25) is 0 Å². The van der Waals surface area contributed by atoms with Gasteiger partial charge in [0, 0.05) is 0 Å². The highest BCUT2D eigenvalue weighted by Gasteiger charge is 2.54. The maximum atomic E-state index is 11.9. The van der Waals surface area contributed by atoms with E-state index in [2.05, 4.69) is 254 Å². The van der Waals surface area contributed by atoms with Gasteiger partial charge < -0.3 is 0 Å². The lowest BCUT2D eigenvalue weighted by atomic mass is 28.4. The Morgan fingerprint density at radius 3 is 0.593 bits per heavy atom. The molecule has 0 saturated heterocycles. The maximum absolute atomic E-state index is 11.9. The Bertz CT molecular complexity index is 852. The average Bonchev–Trinajstić information content (AvgIpc) is 2.97. The second kappa shape index (κ2) is 43.2. The molecule has 0 rings (SSSR count). The number of hydrogen-bond acceptors (Lipinski definition) is 0. The van der Waals surface area contributed by atoms with Gasteiger partial charge in [-0.1, -0.05) is 22.0 Å². The summed E-state index contributed by atoms with van der Waals surface area (Å²) in [6.07, 6.45) is 0. The van der Waals surface area contributed by atoms with E-state index in [1.54, 1.807) is 0 Å². The van der Waals surface area contributed by atoms with E-state index < -0.39 is 21.9 Å². The fourth-order valence-electron chi connectivity index (χ4n) is 3.00. The van der Waals surface area contributed by atoms with Crippen molar-refractivity contribution in [3.05, 3.63) is 0 Å². The molecule has 0 aromatic heterocycles. The van der Waals surface area contributed by atoms with E-state index in [9.17, 15) is 1.28 Å². The van der Waals surface area contributed by atoms with Gasteiger partial charge in [0.05, 0.1) is 1.28 Å². The van der Waals surface area contributed by atoms with Crippen LogP contribution >= 0.6 is 443 Å². The lowest BCUT2D eigenvalue weighted by molar-refractivity contribution is 4.39. The molecule has 0 heterocycles. The first-order chi connectivity index (χ1) is 25.0. The zero-order chi connectivity index (χ0) is 43.7. The van der Waals surface area contributed by atoms with Crippen molar-refractivity contribution >= 4 is 443 Å². The predicted molar refractivity (Wildman–Crippen MR) is 456 cm³/mol. The van der Waals surface area contributed by atoms with Gasteiger partial charge in [0.15, 0.2) is 0 Å². The van der Waals surface area contributed by atoms with E-state index >= 15 is 0 Å². The Morgan fingerprint density at radius 1 is 0.241 bits per heavy atom. The first-order valence-electron chi connectivity index (χ1n) is 12.6. The molecule has 0 fully saturated rings. The van der Waals surface area contributed by atoms with Crippen molar-refractivity contribution in [3.63, 3.8) is 0 Å². The molecule has 0 saturated carbocycles. The molecule has 31 unspecified atom stereocenters. The summed E-state index contributed by atoms with van der Waals surface area (Å²) in [5, 5.41) is 0. The molecule has 0 spiro atoms. The second-order valence-electron chi connectivity index (χ2n) is 8.36. The minimum absolute atomic E-state index is 0.148. The largest absolute Gasteiger partial charge is 0.102 e. The fourth-order valence-corrected chi connectivity index (χ4v) is 753. The predicted octanol–water partition coefficient (Wildman–Crippen LogP) is 32.1. The summed E-state index contributed by atoms with van der Waals surface area (Å²) in [6, 6.07) is 0. The Hall–Kier alpha value is 23.5. The van der Waals surface area contributed by atoms with Crippen LogP contribution in [-0.2, 0) is 0 Å². The van der Waals surface area contributed by atoms with E-state index in [-0.39, 0.29) is 161 Å². The van der Waals surface area contributed by atoms with Crippen molar-refractivity contribution in [1.29, 1.82) is 1.28 Å². The summed E-state index contributed by atoms with van der Waals surface area (Å²) in [7, 11) is 88.2. The zero-order valence-electron chi connectivity index (χ0n) is 28.5. The van der Waals surface area contributed by atoms with E-state index in [1.807, 2.05) is 0 Å². The monoisotopic (exact) mass is 1820 g/mol. The van der Waals surface area contributed by atoms with Gasteiger partial charge in [-0.25, -0.2) is 0 Å². The summed E-state index contributed by atoms with van der Waals surface area (Å²) in [4.78, 5) is 0. The summed E-state index contributed by atoms with van der Waals surface area (Å²) >= 11 is 2.85. The lowest BCUT2D eigenvalue weighted by Gasteiger charge is -2.55. The van der Waals surface area contributed by atoms with E-state index in [0.717, 1.165) is 5.91 Å². The molecule has 0 radical (unpaired) electrons. The molecule has 54 heteroatoms. The molecule has 0 aliphatic rings. The third-order valence-electron chi connectivity index (χ3n) is 4.54. The molecule has 0 aromatic rings. The van der Waals surface area contributed by atoms with Crippen LogP contribution in [0.5, 0.6) is 0 Å². The van der Waals surface area contributed by atoms with Crippen LogP contribution in [0, 0.1) is 0 Å². The summed E-state index contributed by atoms with van der Waals surface area (Å²) in [6.45, 7) is -6.91. The summed E-state index contributed by atoms with van der Waals surface area (Å²) in [5.41, 5.74) is 0. The van der Waals surface area contributed by atoms with Gasteiger partial charge in [0.25, 0.3) is 0 Å². The maximum Gasteiger partial charge on any atom is 0.0690 e. The van der Waals surface area contributed by atoms with Crippen molar-refractivity contribution in [2.24, 2.45) is 0 Å². The number of hydrogen-bond donors (Lipinski definition) is 0. The zero-order valence-corrected chi connectivity index (χ0v) is 84.0. The molecule has 0 aromatic carbocycles. The van der Waals surface area contributed by atoms with Crippen molar-refractivity contribution in [3.8, 4) is 0 Å². The van der Waals surface area contributed by atoms with Crippen LogP contribution < -0.4 is 0 Å². The van der Waals surface area contributed by atoms with E-state index in [1.165, 1.54) is 0 Å². The molecule has 0 bridgehead atoms. The van der Waals surface area contributed by atoms with Gasteiger partial charge in [0.2, 0.25) is 0 Å². The highest BCUT2D eigenvalue weighted by molar-refractivity contribution is 14.2. The Labute approximate surface area is 437 Å². The molecule has 0 nitrogen and oxygen atoms in total. The Kier molecular flexibility index (Phi) is 60.4. The van der Waals surface area contributed by atoms with E-state index in [0.29, 0.717) is 0 Å². The van der Waals surface area contributed by atoms with Crippen LogP contribution in [0.25, 0.3) is 0 Å². The minimum atomic E-state index is -0.920. The molecule has 326 valence electrons. The average molecular weight is 1820 g/mol. The third kappa shape index (κ3) is 28.4. The second-order valence-corrected chi connectivity index (χ2v) is 228. The first kappa shape index (κ1) is 75.5. The van der Waals surface area contributed by atoms with Crippen LogP contribution in [-0.4, -0.2) is 1.28 Å². The highest BCUT2D eigenvalue weighted by Crippen LogP contribution is 3.42. The topological polar surface area (TPSA) is 0 Å². The Morgan fingerprint density at radius 2 is 0.426 bits per heavy atom. The molecule has 0 amide bonds. The molecule has 31 atom stereocenters. The van der Waals surface area contributed by atoms with Gasteiger partial charge in [0.1, 0.15) is 0 Å². The van der Waals surface area contributed by atoms with Crippen LogP contribution in [0.4, 0.5) is 0 Å². The molecule has 0 aliphatic carbocycles. The molecular weight excluding hydrogens is 1770 g/mol. The smallest absolute Gasteiger partial charge is 0.0690 e. The van der Waals surface area contributed by atoms with Crippen LogP contribution in [0.1, 0.15) is 0 Å². The highest BCUT2D eigenvalue weighted by atomic mass is 127. The van der Waals surface area contributed by atoms with Crippen molar-refractivity contribution < 1.29 is 0 Å². The normalized spacial score (nSPS) is 17.0. The van der Waals surface area contributed by atoms with Crippen LogP contribution in [0.15, 0.2) is 0 Å². The first-order valence-corrected chi connectivity index (χ1v) is 111. The third-order valence-corrected chi connectivity index (χ3v) is 376. The van der Waals surface area contributed by atoms with Crippen LogP contribution in [0.3, 0.4) is 0 Å². The number of rotatable bonds is 26. The van der Waals surface area contributed by atoms with Gasteiger partial charge in [-0.15, -0.1) is 232 Å².